The molecule has 0 saturated carbocycles. The molecule has 0 aliphatic heterocycles. The van der Waals surface area contributed by atoms with Gasteiger partial charge in [0, 0.05) is 0 Å². The lowest BCUT2D eigenvalue weighted by Crippen LogP contribution is -2.05. The fraction of sp³-hybridized carbons (Fsp3) is 0.100. The predicted molar refractivity (Wildman–Crippen MR) is 52.5 cm³/mol. The van der Waals surface area contributed by atoms with Crippen LogP contribution in [-0.4, -0.2) is 26.1 Å². The average Bonchev–Trinajstić information content (AvgIpc) is 2.70. The van der Waals surface area contributed by atoms with E-state index in [4.69, 9.17) is 5.11 Å². The fourth-order valence-electron chi connectivity index (χ4n) is 1.22. The minimum atomic E-state index is -1.12. The van der Waals surface area contributed by atoms with Crippen LogP contribution in [0.4, 0.5) is 4.39 Å². The van der Waals surface area contributed by atoms with E-state index < -0.39 is 5.97 Å². The van der Waals surface area contributed by atoms with Crippen molar-refractivity contribution in [2.75, 3.05) is 0 Å². The first-order chi connectivity index (χ1) is 7.65. The molecule has 1 N–H and O–H groups in total. The lowest BCUT2D eigenvalue weighted by molar-refractivity contribution is 0.0689. The van der Waals surface area contributed by atoms with Crippen LogP contribution in [0.3, 0.4) is 0 Å². The van der Waals surface area contributed by atoms with Gasteiger partial charge < -0.3 is 5.11 Å². The zero-order valence-corrected chi connectivity index (χ0v) is 8.17. The fourth-order valence-corrected chi connectivity index (χ4v) is 1.22. The third-order valence-corrected chi connectivity index (χ3v) is 1.99. The van der Waals surface area contributed by atoms with Crippen molar-refractivity contribution in [3.8, 4) is 0 Å². The molecule has 1 heterocycles. The van der Waals surface area contributed by atoms with Crippen molar-refractivity contribution in [3.63, 3.8) is 0 Å². The number of halogens is 1. The third kappa shape index (κ3) is 2.22. The molecule has 2 rings (SSSR count). The smallest absolute Gasteiger partial charge is 0.358 e. The molecule has 0 radical (unpaired) electrons. The zero-order chi connectivity index (χ0) is 11.5. The van der Waals surface area contributed by atoms with Gasteiger partial charge in [-0.05, 0) is 17.7 Å². The third-order valence-electron chi connectivity index (χ3n) is 1.99. The Morgan fingerprint density at radius 3 is 2.62 bits per heavy atom. The number of benzene rings is 1. The molecule has 6 heteroatoms. The van der Waals surface area contributed by atoms with Gasteiger partial charge in [0.2, 0.25) is 0 Å². The van der Waals surface area contributed by atoms with E-state index in [0.717, 1.165) is 5.56 Å². The summed E-state index contributed by atoms with van der Waals surface area (Å²) < 4.78 is 12.6. The summed E-state index contributed by atoms with van der Waals surface area (Å²) in [5, 5.41) is 16.2. The van der Waals surface area contributed by atoms with Crippen LogP contribution in [0.2, 0.25) is 0 Å². The van der Waals surface area contributed by atoms with Crippen molar-refractivity contribution in [2.24, 2.45) is 0 Å². The van der Waals surface area contributed by atoms with Crippen LogP contribution in [-0.2, 0) is 6.54 Å². The Bertz CT molecular complexity index is 507. The Labute approximate surface area is 90.1 Å². The quantitative estimate of drug-likeness (QED) is 0.844. The van der Waals surface area contributed by atoms with Gasteiger partial charge in [-0.1, -0.05) is 12.1 Å². The molecule has 0 aliphatic carbocycles. The Kier molecular flexibility index (Phi) is 2.63. The minimum absolute atomic E-state index is 0.109. The number of carbonyl (C=O) groups is 1. The molecule has 0 saturated heterocycles. The van der Waals surface area contributed by atoms with Gasteiger partial charge in [0.15, 0.2) is 5.69 Å². The summed E-state index contributed by atoms with van der Waals surface area (Å²) in [6.07, 6.45) is 1.17. The summed E-state index contributed by atoms with van der Waals surface area (Å²) in [5.74, 6) is -1.44. The van der Waals surface area contributed by atoms with Crippen LogP contribution in [0.15, 0.2) is 30.5 Å². The first kappa shape index (κ1) is 10.3. The number of rotatable bonds is 3. The molecule has 0 unspecified atom stereocenters. The van der Waals surface area contributed by atoms with Crippen LogP contribution in [0, 0.1) is 5.82 Å². The van der Waals surface area contributed by atoms with Crippen LogP contribution < -0.4 is 0 Å². The highest BCUT2D eigenvalue weighted by molar-refractivity contribution is 5.84. The largest absolute Gasteiger partial charge is 0.476 e. The summed E-state index contributed by atoms with van der Waals surface area (Å²) in [6, 6.07) is 5.85. The van der Waals surface area contributed by atoms with Crippen LogP contribution in [0.1, 0.15) is 16.1 Å². The molecule has 1 aromatic heterocycles. The van der Waals surface area contributed by atoms with Gasteiger partial charge in [-0.25, -0.2) is 9.18 Å². The Morgan fingerprint density at radius 2 is 2.06 bits per heavy atom. The van der Waals surface area contributed by atoms with Gasteiger partial charge in [-0.2, -0.15) is 9.90 Å². The van der Waals surface area contributed by atoms with E-state index in [1.54, 1.807) is 12.1 Å². The van der Waals surface area contributed by atoms with Crippen LogP contribution in [0.25, 0.3) is 0 Å². The molecule has 0 fully saturated rings. The average molecular weight is 221 g/mol. The van der Waals surface area contributed by atoms with Crippen molar-refractivity contribution in [1.82, 2.24) is 15.0 Å². The highest BCUT2D eigenvalue weighted by Gasteiger charge is 2.07. The lowest BCUT2D eigenvalue weighted by atomic mass is 10.2. The number of aromatic carboxylic acids is 1. The van der Waals surface area contributed by atoms with Gasteiger partial charge >= 0.3 is 5.97 Å². The maximum absolute atomic E-state index is 12.6. The van der Waals surface area contributed by atoms with Crippen molar-refractivity contribution in [1.29, 1.82) is 0 Å². The highest BCUT2D eigenvalue weighted by Crippen LogP contribution is 2.04. The number of carboxylic acids is 1. The van der Waals surface area contributed by atoms with E-state index in [1.165, 1.54) is 23.1 Å². The summed E-state index contributed by atoms with van der Waals surface area (Å²) in [4.78, 5) is 11.8. The first-order valence-electron chi connectivity index (χ1n) is 4.53. The second-order valence-electron chi connectivity index (χ2n) is 3.19. The Morgan fingerprint density at radius 1 is 1.38 bits per heavy atom. The van der Waals surface area contributed by atoms with E-state index in [9.17, 15) is 9.18 Å². The number of aromatic nitrogens is 3. The second-order valence-corrected chi connectivity index (χ2v) is 3.19. The van der Waals surface area contributed by atoms with Crippen LogP contribution >= 0.6 is 0 Å². The van der Waals surface area contributed by atoms with E-state index in [2.05, 4.69) is 10.2 Å². The molecule has 1 aromatic carbocycles. The maximum Gasteiger partial charge on any atom is 0.358 e. The maximum atomic E-state index is 12.6. The standard InChI is InChI=1S/C10H8FN3O2/c11-8-3-1-7(2-4-8)6-14-12-5-9(13-14)10(15)16/h1-5H,6H2,(H,15,16). The number of nitrogens with zero attached hydrogens (tertiary/aromatic N) is 3. The Balaban J connectivity index is 2.14. The first-order valence-corrected chi connectivity index (χ1v) is 4.53. The van der Waals surface area contributed by atoms with Crippen molar-refractivity contribution < 1.29 is 14.3 Å². The summed E-state index contributed by atoms with van der Waals surface area (Å²) in [6.45, 7) is 0.313. The molecule has 0 spiro atoms. The molecular weight excluding hydrogens is 213 g/mol. The van der Waals surface area contributed by atoms with E-state index >= 15 is 0 Å². The van der Waals surface area contributed by atoms with Gasteiger partial charge in [-0.3, -0.25) is 0 Å². The van der Waals surface area contributed by atoms with Gasteiger partial charge in [0.25, 0.3) is 0 Å². The molecule has 0 amide bonds. The molecule has 0 aliphatic rings. The molecule has 0 bridgehead atoms. The topological polar surface area (TPSA) is 68.0 Å². The summed E-state index contributed by atoms with van der Waals surface area (Å²) in [7, 11) is 0. The van der Waals surface area contributed by atoms with E-state index in [1.807, 2.05) is 0 Å². The predicted octanol–water partition coefficient (Wildman–Crippen LogP) is 1.16. The van der Waals surface area contributed by atoms with Crippen molar-refractivity contribution in [3.05, 3.63) is 47.5 Å². The van der Waals surface area contributed by atoms with Gasteiger partial charge in [0.1, 0.15) is 5.82 Å². The van der Waals surface area contributed by atoms with Crippen LogP contribution in [0.5, 0.6) is 0 Å². The van der Waals surface area contributed by atoms with Crippen molar-refractivity contribution >= 4 is 5.97 Å². The second kappa shape index (κ2) is 4.09. The van der Waals surface area contributed by atoms with E-state index in [0.29, 0.717) is 6.54 Å². The SMILES string of the molecule is O=C(O)c1cnn(Cc2ccc(F)cc2)n1. The molecule has 0 atom stereocenters. The van der Waals surface area contributed by atoms with Crippen molar-refractivity contribution in [2.45, 2.75) is 6.54 Å². The molecule has 16 heavy (non-hydrogen) atoms. The highest BCUT2D eigenvalue weighted by atomic mass is 19.1. The number of hydrogen-bond donors (Lipinski definition) is 1. The van der Waals surface area contributed by atoms with Gasteiger partial charge in [0.05, 0.1) is 12.7 Å². The zero-order valence-electron chi connectivity index (χ0n) is 8.17. The number of carboxylic acid groups (broad SMARTS) is 1. The molecular formula is C10H8FN3O2. The number of hydrogen-bond acceptors (Lipinski definition) is 3. The van der Waals surface area contributed by atoms with E-state index in [-0.39, 0.29) is 11.5 Å². The molecule has 82 valence electrons. The summed E-state index contributed by atoms with van der Waals surface area (Å²) >= 11 is 0. The minimum Gasteiger partial charge on any atom is -0.476 e. The normalized spacial score (nSPS) is 10.3. The molecule has 5 nitrogen and oxygen atoms in total. The van der Waals surface area contributed by atoms with Gasteiger partial charge in [-0.15, -0.1) is 5.10 Å². The monoisotopic (exact) mass is 221 g/mol. The summed E-state index contributed by atoms with van der Waals surface area (Å²) in [5.41, 5.74) is 0.691. The lowest BCUT2D eigenvalue weighted by Gasteiger charge is -1.99. The molecule has 2 aromatic rings. The Hall–Kier alpha value is -2.24.